The van der Waals surface area contributed by atoms with Gasteiger partial charge in [-0.15, -0.1) is 0 Å². The number of unbranched alkanes of at least 4 members (excludes halogenated alkanes) is 2. The third-order valence-corrected chi connectivity index (χ3v) is 4.62. The molecular formula is C23H29FN2O3. The van der Waals surface area contributed by atoms with Gasteiger partial charge in [0, 0.05) is 13.1 Å². The van der Waals surface area contributed by atoms with E-state index in [9.17, 15) is 14.0 Å². The molecular weight excluding hydrogens is 371 g/mol. The van der Waals surface area contributed by atoms with Crippen molar-refractivity contribution in [2.24, 2.45) is 0 Å². The van der Waals surface area contributed by atoms with Gasteiger partial charge in [0.25, 0.3) is 5.91 Å². The van der Waals surface area contributed by atoms with Gasteiger partial charge in [-0.2, -0.15) is 0 Å². The van der Waals surface area contributed by atoms with Crippen molar-refractivity contribution >= 4 is 11.8 Å². The number of amides is 2. The number of nitrogens with zero attached hydrogens (tertiary/aromatic N) is 1. The topological polar surface area (TPSA) is 58.6 Å². The van der Waals surface area contributed by atoms with E-state index in [4.69, 9.17) is 4.74 Å². The van der Waals surface area contributed by atoms with Crippen LogP contribution in [0.1, 0.15) is 38.7 Å². The van der Waals surface area contributed by atoms with Crippen molar-refractivity contribution in [3.8, 4) is 5.75 Å². The van der Waals surface area contributed by atoms with E-state index in [1.54, 1.807) is 31.2 Å². The fourth-order valence-electron chi connectivity index (χ4n) is 2.85. The maximum Gasteiger partial charge on any atom is 0.261 e. The summed E-state index contributed by atoms with van der Waals surface area (Å²) >= 11 is 0. The fourth-order valence-corrected chi connectivity index (χ4v) is 2.85. The van der Waals surface area contributed by atoms with Crippen molar-refractivity contribution in [2.75, 3.05) is 13.2 Å². The van der Waals surface area contributed by atoms with E-state index >= 15 is 0 Å². The molecule has 0 saturated heterocycles. The van der Waals surface area contributed by atoms with E-state index in [1.165, 1.54) is 17.0 Å². The average Bonchev–Trinajstić information content (AvgIpc) is 2.74. The number of rotatable bonds is 11. The summed E-state index contributed by atoms with van der Waals surface area (Å²) in [7, 11) is 0. The highest BCUT2D eigenvalue weighted by Gasteiger charge is 2.26. The fraction of sp³-hybridized carbons (Fsp3) is 0.391. The normalized spacial score (nSPS) is 11.6. The quantitative estimate of drug-likeness (QED) is 0.582. The van der Waals surface area contributed by atoms with Gasteiger partial charge in [0.05, 0.1) is 0 Å². The Morgan fingerprint density at radius 3 is 2.41 bits per heavy atom. The summed E-state index contributed by atoms with van der Waals surface area (Å²) in [6, 6.07) is 14.3. The van der Waals surface area contributed by atoms with Crippen LogP contribution in [0.5, 0.6) is 5.75 Å². The predicted octanol–water partition coefficient (Wildman–Crippen LogP) is 3.93. The van der Waals surface area contributed by atoms with Gasteiger partial charge in [-0.1, -0.05) is 50.1 Å². The lowest BCUT2D eigenvalue weighted by atomic mass is 10.1. The Morgan fingerprint density at radius 1 is 1.07 bits per heavy atom. The van der Waals surface area contributed by atoms with Gasteiger partial charge >= 0.3 is 0 Å². The molecule has 0 bridgehead atoms. The van der Waals surface area contributed by atoms with Crippen molar-refractivity contribution < 1.29 is 18.7 Å². The first-order valence-electron chi connectivity index (χ1n) is 10.0. The molecule has 0 fully saturated rings. The first kappa shape index (κ1) is 22.4. The minimum absolute atomic E-state index is 0.182. The molecule has 2 rings (SSSR count). The predicted molar refractivity (Wildman–Crippen MR) is 111 cm³/mol. The Balaban J connectivity index is 2.05. The number of carbonyl (C=O) groups excluding carboxylic acids is 2. The number of carbonyl (C=O) groups is 2. The summed E-state index contributed by atoms with van der Waals surface area (Å²) in [5, 5.41) is 2.89. The van der Waals surface area contributed by atoms with Crippen molar-refractivity contribution in [1.82, 2.24) is 10.2 Å². The number of ether oxygens (including phenoxy) is 1. The zero-order valence-corrected chi connectivity index (χ0v) is 17.1. The first-order valence-corrected chi connectivity index (χ1v) is 10.0. The lowest BCUT2D eigenvalue weighted by molar-refractivity contribution is -0.142. The van der Waals surface area contributed by atoms with Crippen molar-refractivity contribution in [3.63, 3.8) is 0 Å². The van der Waals surface area contributed by atoms with Crippen LogP contribution in [-0.4, -0.2) is 35.9 Å². The Hall–Kier alpha value is -2.89. The minimum Gasteiger partial charge on any atom is -0.484 e. The molecule has 1 N–H and O–H groups in total. The lowest BCUT2D eigenvalue weighted by Crippen LogP contribution is -2.49. The summed E-state index contributed by atoms with van der Waals surface area (Å²) < 4.78 is 18.8. The molecule has 29 heavy (non-hydrogen) atoms. The van der Waals surface area contributed by atoms with E-state index in [1.807, 2.05) is 18.2 Å². The summed E-state index contributed by atoms with van der Waals surface area (Å²) in [6.07, 6.45) is 3.01. The maximum atomic E-state index is 13.2. The van der Waals surface area contributed by atoms with Crippen molar-refractivity contribution in [2.45, 2.75) is 45.7 Å². The average molecular weight is 400 g/mol. The number of nitrogens with one attached hydrogen (secondary N) is 1. The summed E-state index contributed by atoms with van der Waals surface area (Å²) in [5.74, 6) is -0.286. The van der Waals surface area contributed by atoms with E-state index in [-0.39, 0.29) is 30.8 Å². The van der Waals surface area contributed by atoms with E-state index in [2.05, 4.69) is 12.2 Å². The molecule has 0 radical (unpaired) electrons. The van der Waals surface area contributed by atoms with Crippen LogP contribution in [0.2, 0.25) is 0 Å². The molecule has 1 atom stereocenters. The zero-order valence-electron chi connectivity index (χ0n) is 17.1. The van der Waals surface area contributed by atoms with Crippen LogP contribution in [0.3, 0.4) is 0 Å². The van der Waals surface area contributed by atoms with Crippen LogP contribution in [0.15, 0.2) is 54.6 Å². The molecule has 2 aromatic carbocycles. The largest absolute Gasteiger partial charge is 0.484 e. The van der Waals surface area contributed by atoms with Crippen molar-refractivity contribution in [3.05, 3.63) is 66.0 Å². The van der Waals surface area contributed by atoms with Gasteiger partial charge in [0.2, 0.25) is 5.91 Å². The van der Waals surface area contributed by atoms with Crippen LogP contribution in [0.25, 0.3) is 0 Å². The van der Waals surface area contributed by atoms with Crippen LogP contribution in [0.4, 0.5) is 4.39 Å². The molecule has 156 valence electrons. The van der Waals surface area contributed by atoms with Gasteiger partial charge in [-0.05, 0) is 43.2 Å². The molecule has 5 nitrogen and oxygen atoms in total. The molecule has 0 saturated carbocycles. The van der Waals surface area contributed by atoms with Crippen LogP contribution in [0, 0.1) is 5.82 Å². The smallest absolute Gasteiger partial charge is 0.261 e. The van der Waals surface area contributed by atoms with E-state index in [0.29, 0.717) is 12.3 Å². The number of hydrogen-bond donors (Lipinski definition) is 1. The third kappa shape index (κ3) is 7.56. The van der Waals surface area contributed by atoms with Gasteiger partial charge < -0.3 is 15.0 Å². The highest BCUT2D eigenvalue weighted by Crippen LogP contribution is 2.13. The standard InChI is InChI=1S/C23H29FN2O3/c1-3-4-8-15-25-23(28)18(2)26(16-19-11-13-20(24)14-12-19)22(27)17-29-21-9-6-5-7-10-21/h5-7,9-14,18H,3-4,8,15-17H2,1-2H3,(H,25,28)/t18-/m0/s1. The SMILES string of the molecule is CCCCCNC(=O)[C@H](C)N(Cc1ccc(F)cc1)C(=O)COc1ccccc1. The Kier molecular flexibility index (Phi) is 9.15. The molecule has 0 unspecified atom stereocenters. The number of benzene rings is 2. The third-order valence-electron chi connectivity index (χ3n) is 4.62. The molecule has 0 heterocycles. The monoisotopic (exact) mass is 400 g/mol. The van der Waals surface area contributed by atoms with Crippen LogP contribution < -0.4 is 10.1 Å². The van der Waals surface area contributed by atoms with Gasteiger partial charge in [-0.25, -0.2) is 4.39 Å². The van der Waals surface area contributed by atoms with Crippen molar-refractivity contribution in [1.29, 1.82) is 0 Å². The highest BCUT2D eigenvalue weighted by molar-refractivity contribution is 5.87. The Bertz CT molecular complexity index is 765. The lowest BCUT2D eigenvalue weighted by Gasteiger charge is -2.28. The second-order valence-corrected chi connectivity index (χ2v) is 6.92. The Labute approximate surface area is 171 Å². The summed E-state index contributed by atoms with van der Waals surface area (Å²) in [4.78, 5) is 26.9. The van der Waals surface area contributed by atoms with E-state index in [0.717, 1.165) is 24.8 Å². The maximum absolute atomic E-state index is 13.2. The molecule has 2 amide bonds. The van der Waals surface area contributed by atoms with E-state index < -0.39 is 6.04 Å². The van der Waals surface area contributed by atoms with Gasteiger partial charge in [0.15, 0.2) is 6.61 Å². The minimum atomic E-state index is -0.673. The number of hydrogen-bond acceptors (Lipinski definition) is 3. The van der Waals surface area contributed by atoms with Gasteiger partial charge in [0.1, 0.15) is 17.6 Å². The molecule has 0 aromatic heterocycles. The summed E-state index contributed by atoms with van der Waals surface area (Å²) in [5.41, 5.74) is 0.741. The molecule has 0 aliphatic carbocycles. The zero-order chi connectivity index (χ0) is 21.1. The number of para-hydroxylation sites is 1. The Morgan fingerprint density at radius 2 is 1.76 bits per heavy atom. The highest BCUT2D eigenvalue weighted by atomic mass is 19.1. The number of halogens is 1. The van der Waals surface area contributed by atoms with Crippen LogP contribution >= 0.6 is 0 Å². The molecule has 2 aromatic rings. The molecule has 0 aliphatic heterocycles. The second-order valence-electron chi connectivity index (χ2n) is 6.92. The molecule has 6 heteroatoms. The second kappa shape index (κ2) is 11.8. The molecule has 0 aliphatic rings. The van der Waals surface area contributed by atoms with Crippen LogP contribution in [-0.2, 0) is 16.1 Å². The first-order chi connectivity index (χ1) is 14.0. The van der Waals surface area contributed by atoms with Gasteiger partial charge in [-0.3, -0.25) is 9.59 Å². The molecule has 0 spiro atoms. The summed E-state index contributed by atoms with van der Waals surface area (Å²) in [6.45, 7) is 4.38.